The van der Waals surface area contributed by atoms with Crippen molar-refractivity contribution >= 4 is 11.6 Å². The topological polar surface area (TPSA) is 44.0 Å². The summed E-state index contributed by atoms with van der Waals surface area (Å²) in [5.74, 6) is 0.694. The molecule has 0 amide bonds. The average molecular weight is 278 g/mol. The van der Waals surface area contributed by atoms with E-state index in [2.05, 4.69) is 13.0 Å². The van der Waals surface area contributed by atoms with Crippen LogP contribution in [-0.2, 0) is 0 Å². The van der Waals surface area contributed by atoms with E-state index in [9.17, 15) is 10.4 Å². The van der Waals surface area contributed by atoms with Crippen LogP contribution >= 0.6 is 11.6 Å². The maximum Gasteiger partial charge on any atom is 0.0990 e. The lowest BCUT2D eigenvalue weighted by atomic mass is 9.66. The van der Waals surface area contributed by atoms with Crippen molar-refractivity contribution in [3.05, 3.63) is 34.9 Å². The predicted octanol–water partition coefficient (Wildman–Crippen LogP) is 4.48. The fraction of sp³-hybridized carbons (Fsp3) is 0.562. The van der Waals surface area contributed by atoms with Crippen LogP contribution in [0.5, 0.6) is 0 Å². The molecule has 0 aliphatic heterocycles. The van der Waals surface area contributed by atoms with Crippen LogP contribution in [-0.4, -0.2) is 5.11 Å². The van der Waals surface area contributed by atoms with E-state index in [0.29, 0.717) is 16.5 Å². The number of aliphatic hydroxyl groups is 1. The highest BCUT2D eigenvalue weighted by molar-refractivity contribution is 6.31. The second-order valence-electron chi connectivity index (χ2n) is 5.54. The first-order chi connectivity index (χ1) is 9.13. The number of halogens is 1. The number of hydrogen-bond donors (Lipinski definition) is 1. The molecule has 0 spiro atoms. The van der Waals surface area contributed by atoms with Crippen LogP contribution in [0.1, 0.15) is 50.7 Å². The summed E-state index contributed by atoms with van der Waals surface area (Å²) in [6.07, 6.45) is 3.92. The Bertz CT molecular complexity index is 472. The van der Waals surface area contributed by atoms with Crippen molar-refractivity contribution in [2.45, 2.75) is 45.1 Å². The summed E-state index contributed by atoms with van der Waals surface area (Å²) in [7, 11) is 0. The lowest BCUT2D eigenvalue weighted by Crippen LogP contribution is -2.32. The van der Waals surface area contributed by atoms with Crippen molar-refractivity contribution < 1.29 is 5.11 Å². The van der Waals surface area contributed by atoms with E-state index >= 15 is 0 Å². The SMILES string of the molecule is CCC1CCC(C#N)(C(O)c2ccccc2Cl)CC1. The summed E-state index contributed by atoms with van der Waals surface area (Å²) < 4.78 is 0. The van der Waals surface area contributed by atoms with Gasteiger partial charge in [0.15, 0.2) is 0 Å². The van der Waals surface area contributed by atoms with Crippen LogP contribution in [0.2, 0.25) is 5.02 Å². The van der Waals surface area contributed by atoms with Gasteiger partial charge in [0.05, 0.1) is 17.6 Å². The van der Waals surface area contributed by atoms with Crippen LogP contribution in [0.4, 0.5) is 0 Å². The minimum absolute atomic E-state index is 0.544. The summed E-state index contributed by atoms with van der Waals surface area (Å²) in [6.45, 7) is 2.19. The third-order valence-corrected chi connectivity index (χ3v) is 4.86. The number of aliphatic hydroxyl groups excluding tert-OH is 1. The lowest BCUT2D eigenvalue weighted by molar-refractivity contribution is 0.0243. The van der Waals surface area contributed by atoms with Crippen molar-refractivity contribution in [2.75, 3.05) is 0 Å². The van der Waals surface area contributed by atoms with Gasteiger partial charge in [-0.05, 0) is 37.7 Å². The fourth-order valence-electron chi connectivity index (χ4n) is 3.04. The monoisotopic (exact) mass is 277 g/mol. The molecule has 0 bridgehead atoms. The van der Waals surface area contributed by atoms with E-state index in [1.54, 1.807) is 6.07 Å². The number of benzene rings is 1. The lowest BCUT2D eigenvalue weighted by Gasteiger charge is -2.38. The number of rotatable bonds is 3. The van der Waals surface area contributed by atoms with E-state index < -0.39 is 11.5 Å². The second-order valence-corrected chi connectivity index (χ2v) is 5.95. The molecule has 2 nitrogen and oxygen atoms in total. The normalized spacial score (nSPS) is 28.6. The summed E-state index contributed by atoms with van der Waals surface area (Å²) in [5.41, 5.74) is 0.0112. The quantitative estimate of drug-likeness (QED) is 0.885. The molecule has 0 heterocycles. The smallest absolute Gasteiger partial charge is 0.0990 e. The number of hydrogen-bond acceptors (Lipinski definition) is 2. The molecule has 0 aromatic heterocycles. The second kappa shape index (κ2) is 5.94. The molecule has 1 N–H and O–H groups in total. The molecule has 1 atom stereocenters. The Morgan fingerprint density at radius 2 is 2.05 bits per heavy atom. The molecule has 1 saturated carbocycles. The first kappa shape index (κ1) is 14.4. The van der Waals surface area contributed by atoms with Gasteiger partial charge in [0, 0.05) is 10.6 Å². The van der Waals surface area contributed by atoms with Gasteiger partial charge in [0.2, 0.25) is 0 Å². The minimum atomic E-state index is -0.788. The third-order valence-electron chi connectivity index (χ3n) is 4.52. The highest BCUT2D eigenvalue weighted by Crippen LogP contribution is 2.48. The maximum absolute atomic E-state index is 10.6. The molecule has 1 unspecified atom stereocenters. The minimum Gasteiger partial charge on any atom is -0.387 e. The van der Waals surface area contributed by atoms with Crippen LogP contribution < -0.4 is 0 Å². The largest absolute Gasteiger partial charge is 0.387 e. The van der Waals surface area contributed by atoms with Crippen LogP contribution in [0.15, 0.2) is 24.3 Å². The zero-order valence-corrected chi connectivity index (χ0v) is 12.0. The zero-order chi connectivity index (χ0) is 13.9. The molecule has 1 aromatic rings. The first-order valence-corrected chi connectivity index (χ1v) is 7.34. The Morgan fingerprint density at radius 3 is 2.58 bits per heavy atom. The van der Waals surface area contributed by atoms with Gasteiger partial charge in [0.25, 0.3) is 0 Å². The molecule has 0 radical (unpaired) electrons. The van der Waals surface area contributed by atoms with Crippen molar-refractivity contribution in [1.29, 1.82) is 5.26 Å². The molecule has 1 aliphatic carbocycles. The summed E-state index contributed by atoms with van der Waals surface area (Å²) in [5, 5.41) is 20.7. The highest BCUT2D eigenvalue weighted by atomic mass is 35.5. The van der Waals surface area contributed by atoms with Gasteiger partial charge in [-0.3, -0.25) is 0 Å². The molecule has 19 heavy (non-hydrogen) atoms. The van der Waals surface area contributed by atoms with Crippen LogP contribution in [0.25, 0.3) is 0 Å². The molecular formula is C16H20ClNO. The molecular weight excluding hydrogens is 258 g/mol. The van der Waals surface area contributed by atoms with Gasteiger partial charge in [-0.25, -0.2) is 0 Å². The summed E-state index contributed by atoms with van der Waals surface area (Å²) in [4.78, 5) is 0. The van der Waals surface area contributed by atoms with E-state index in [4.69, 9.17) is 11.6 Å². The Labute approximate surface area is 120 Å². The van der Waals surface area contributed by atoms with Gasteiger partial charge < -0.3 is 5.11 Å². The average Bonchev–Trinajstić information content (AvgIpc) is 2.47. The van der Waals surface area contributed by atoms with E-state index in [1.165, 1.54) is 0 Å². The van der Waals surface area contributed by atoms with E-state index in [1.807, 2.05) is 18.2 Å². The fourth-order valence-corrected chi connectivity index (χ4v) is 3.28. The van der Waals surface area contributed by atoms with Crippen molar-refractivity contribution in [1.82, 2.24) is 0 Å². The summed E-state index contributed by atoms with van der Waals surface area (Å²) >= 11 is 6.14. The Balaban J connectivity index is 2.23. The van der Waals surface area contributed by atoms with Crippen LogP contribution in [0, 0.1) is 22.7 Å². The van der Waals surface area contributed by atoms with Gasteiger partial charge in [0.1, 0.15) is 0 Å². The number of nitriles is 1. The maximum atomic E-state index is 10.6. The van der Waals surface area contributed by atoms with E-state index in [-0.39, 0.29) is 0 Å². The number of nitrogens with zero attached hydrogens (tertiary/aromatic N) is 1. The van der Waals surface area contributed by atoms with Crippen molar-refractivity contribution in [3.63, 3.8) is 0 Å². The standard InChI is InChI=1S/C16H20ClNO/c1-2-12-7-9-16(11-18,10-8-12)15(19)13-5-3-4-6-14(13)17/h3-6,12,15,19H,2,7-10H2,1H3. The summed E-state index contributed by atoms with van der Waals surface area (Å²) in [6, 6.07) is 9.66. The van der Waals surface area contributed by atoms with Gasteiger partial charge in [-0.15, -0.1) is 0 Å². The van der Waals surface area contributed by atoms with Gasteiger partial charge >= 0.3 is 0 Å². The van der Waals surface area contributed by atoms with E-state index in [0.717, 1.165) is 32.1 Å². The van der Waals surface area contributed by atoms with Crippen molar-refractivity contribution in [3.8, 4) is 6.07 Å². The molecule has 0 saturated heterocycles. The third kappa shape index (κ3) is 2.78. The Kier molecular flexibility index (Phi) is 4.50. The molecule has 2 rings (SSSR count). The molecule has 3 heteroatoms. The highest BCUT2D eigenvalue weighted by Gasteiger charge is 2.42. The van der Waals surface area contributed by atoms with Gasteiger partial charge in [-0.1, -0.05) is 43.1 Å². The Hall–Kier alpha value is -1.04. The van der Waals surface area contributed by atoms with Crippen LogP contribution in [0.3, 0.4) is 0 Å². The predicted molar refractivity (Wildman–Crippen MR) is 76.7 cm³/mol. The Morgan fingerprint density at radius 1 is 1.42 bits per heavy atom. The molecule has 1 aliphatic rings. The van der Waals surface area contributed by atoms with Crippen molar-refractivity contribution in [2.24, 2.45) is 11.3 Å². The molecule has 1 fully saturated rings. The molecule has 1 aromatic carbocycles. The first-order valence-electron chi connectivity index (χ1n) is 6.96. The zero-order valence-electron chi connectivity index (χ0n) is 11.3. The molecule has 102 valence electrons. The van der Waals surface area contributed by atoms with Gasteiger partial charge in [-0.2, -0.15) is 5.26 Å².